The van der Waals surface area contributed by atoms with Crippen LogP contribution in [0.3, 0.4) is 0 Å². The normalized spacial score (nSPS) is 28.0. The Labute approximate surface area is 548 Å². The first kappa shape index (κ1) is 81.4. The fourth-order valence-corrected chi connectivity index (χ4v) is 12.2. The predicted molar refractivity (Wildman–Crippen MR) is 352 cm³/mol. The molecule has 0 spiro atoms. The molecule has 2 aliphatic heterocycles. The monoisotopic (exact) mass is 1300 g/mol. The van der Waals surface area contributed by atoms with Crippen molar-refractivity contribution in [3.63, 3.8) is 0 Å². The Bertz CT molecular complexity index is 2600. The first-order valence-electron chi connectivity index (χ1n) is 33.0. The summed E-state index contributed by atoms with van der Waals surface area (Å²) in [6.45, 7) is 30.1. The topological polar surface area (TPSA) is 311 Å². The molecule has 0 aromatic heterocycles. The summed E-state index contributed by atoms with van der Waals surface area (Å²) in [5, 5.41) is 26.0. The van der Waals surface area contributed by atoms with Crippen molar-refractivity contribution in [3.05, 3.63) is 12.2 Å². The second kappa shape index (κ2) is 36.7. The van der Waals surface area contributed by atoms with Crippen LogP contribution in [0.15, 0.2) is 12.2 Å². The van der Waals surface area contributed by atoms with Gasteiger partial charge in [-0.2, -0.15) is 0 Å². The summed E-state index contributed by atoms with van der Waals surface area (Å²) < 4.78 is 0. The Morgan fingerprint density at radius 3 is 1.45 bits per heavy atom. The molecule has 0 saturated carbocycles. The molecule has 0 bridgehead atoms. The molecule has 26 heteroatoms. The molecular formula is C66H117N13O13. The zero-order valence-corrected chi connectivity index (χ0v) is 59.9. The highest BCUT2D eigenvalue weighted by Gasteiger charge is 2.47. The molecule has 26 nitrogen and oxygen atoms in total. The van der Waals surface area contributed by atoms with E-state index < -0.39 is 161 Å². The number of hydrogen-bond acceptors (Lipinski definition) is 14. The van der Waals surface area contributed by atoms with Crippen LogP contribution in [-0.2, 0) is 57.5 Å². The van der Waals surface area contributed by atoms with E-state index in [2.05, 4.69) is 26.6 Å². The van der Waals surface area contributed by atoms with Gasteiger partial charge in [0.05, 0.1) is 12.6 Å². The number of carbonyl (C=O) groups excluding carboxylic acids is 12. The maximum Gasteiger partial charge on any atom is 0.246 e. The van der Waals surface area contributed by atoms with Crippen LogP contribution in [0.2, 0.25) is 0 Å². The van der Waals surface area contributed by atoms with E-state index in [9.17, 15) is 38.7 Å². The molecule has 2 saturated heterocycles. The number of likely N-dealkylation sites (N-methyl/N-ethyl adjacent to an activating group) is 7. The summed E-state index contributed by atoms with van der Waals surface area (Å²) in [6.07, 6.45) is 2.71. The molecular weight excluding hydrogens is 1180 g/mol. The fraction of sp³-hybridized carbons (Fsp3) is 0.788. The largest absolute Gasteiger partial charge is 0.390 e. The minimum Gasteiger partial charge on any atom is -0.390 e. The van der Waals surface area contributed by atoms with E-state index in [0.29, 0.717) is 13.1 Å². The molecule has 2 aliphatic rings. The summed E-state index contributed by atoms with van der Waals surface area (Å²) in [7, 11) is 9.85. The van der Waals surface area contributed by atoms with Gasteiger partial charge in [-0.05, 0) is 101 Å². The maximum absolute atomic E-state index is 15.3. The van der Waals surface area contributed by atoms with Crippen LogP contribution < -0.4 is 26.6 Å². The average Bonchev–Trinajstić information content (AvgIpc) is 0.935. The first-order valence-corrected chi connectivity index (χ1v) is 33.0. The van der Waals surface area contributed by atoms with E-state index in [1.165, 1.54) is 94.6 Å². The van der Waals surface area contributed by atoms with Gasteiger partial charge in [0.1, 0.15) is 66.5 Å². The molecule has 12 amide bonds. The Kier molecular flexibility index (Phi) is 32.4. The zero-order valence-electron chi connectivity index (χ0n) is 59.9. The lowest BCUT2D eigenvalue weighted by molar-refractivity contribution is -0.157. The number of allylic oxidation sites excluding steroid dienone is 2. The van der Waals surface area contributed by atoms with E-state index >= 15 is 24.0 Å². The van der Waals surface area contributed by atoms with Gasteiger partial charge >= 0.3 is 0 Å². The van der Waals surface area contributed by atoms with Crippen LogP contribution in [0.5, 0.6) is 0 Å². The SMILES string of the molecule is C/C=C/C[C@@H](C)[C@@H](O)[C@H]1C(=O)N[C@@H](CC)C(=O)N(C)[C@H](C)C(=O)N(C)[C@@H]([C@H](C)CN2CCNC(=O)C2)C(=O)N[C@@H](C(C)C)C(=O)N(C)[C@@H](CC(C)C)C(=O)N[C@@H](C)C(=O)N[C@H](C)C(=O)N(C)[C@@H](CC(C)C)C(=O)N(C)[C@@H](CC(C)C)C(=O)N(C)[C@@H](C(C)C)C(=O)N1C. The molecule has 0 aromatic rings. The summed E-state index contributed by atoms with van der Waals surface area (Å²) in [6, 6.07) is -14.2. The van der Waals surface area contributed by atoms with Crippen LogP contribution in [0.25, 0.3) is 0 Å². The van der Waals surface area contributed by atoms with Gasteiger partial charge in [-0.15, -0.1) is 0 Å². The van der Waals surface area contributed by atoms with Crippen LogP contribution >= 0.6 is 0 Å². The quantitative estimate of drug-likeness (QED) is 0.120. The molecule has 14 atom stereocenters. The van der Waals surface area contributed by atoms with Crippen LogP contribution in [-0.4, -0.2) is 263 Å². The van der Waals surface area contributed by atoms with E-state index in [4.69, 9.17) is 0 Å². The molecule has 92 heavy (non-hydrogen) atoms. The standard InChI is InChI=1S/C66H117N13O13/c1-25-27-28-41(13)55(81)54-59(85)70-46(26-2)62(88)72(18)45(17)61(87)77(23)53(42(14)34-79-30-29-67-50(80)35-79)58(84)71-51(39(9)10)65(91)73(19)47(31-36(3)4)57(83)68-43(15)56(82)69-44(16)60(86)74(20)48(32-37(5)6)63(89)75(21)49(33-38(7)8)64(90)76(22)52(40(11)12)66(92)78(54)24/h25,27,36-49,51-55,81H,26,28-35H2,1-24H3,(H,67,80)(H,68,83)(H,69,82)(H,70,85)(H,71,84)/b27-25+/t41-,42-,43+,44-,45-,46+,47+,48+,49+,51+,52+,53+,54+,55-/m1/s1. The van der Waals surface area contributed by atoms with E-state index in [1.54, 1.807) is 67.5 Å². The van der Waals surface area contributed by atoms with Crippen molar-refractivity contribution in [1.82, 2.24) is 65.8 Å². The maximum atomic E-state index is 15.3. The summed E-state index contributed by atoms with van der Waals surface area (Å²) in [5.74, 6) is -11.1. The predicted octanol–water partition coefficient (Wildman–Crippen LogP) is 1.68. The van der Waals surface area contributed by atoms with Crippen molar-refractivity contribution >= 4 is 70.9 Å². The number of hydrogen-bond donors (Lipinski definition) is 6. The van der Waals surface area contributed by atoms with Crippen LogP contribution in [0, 0.1) is 41.4 Å². The number of nitrogens with one attached hydrogen (secondary N) is 5. The lowest BCUT2D eigenvalue weighted by Gasteiger charge is -2.41. The number of aliphatic hydroxyl groups excluding tert-OH is 1. The van der Waals surface area contributed by atoms with Crippen molar-refractivity contribution < 1.29 is 62.6 Å². The number of carbonyl (C=O) groups is 12. The van der Waals surface area contributed by atoms with E-state index in [0.717, 1.165) is 9.80 Å². The lowest BCUT2D eigenvalue weighted by Crippen LogP contribution is -2.64. The zero-order chi connectivity index (χ0) is 70.8. The number of piperazine rings is 1. The Morgan fingerprint density at radius 2 is 0.957 bits per heavy atom. The van der Waals surface area contributed by atoms with E-state index in [-0.39, 0.29) is 68.9 Å². The van der Waals surface area contributed by atoms with Gasteiger partial charge in [0.2, 0.25) is 70.9 Å². The minimum absolute atomic E-state index is 0.0172. The van der Waals surface area contributed by atoms with Crippen molar-refractivity contribution in [1.29, 1.82) is 0 Å². The molecule has 0 aromatic carbocycles. The molecule has 2 fully saturated rings. The molecule has 2 rings (SSSR count). The van der Waals surface area contributed by atoms with Crippen molar-refractivity contribution in [2.45, 2.75) is 222 Å². The van der Waals surface area contributed by atoms with Gasteiger partial charge in [-0.25, -0.2) is 0 Å². The second-order valence-corrected chi connectivity index (χ2v) is 27.8. The highest BCUT2D eigenvalue weighted by Crippen LogP contribution is 2.26. The molecule has 0 radical (unpaired) electrons. The Balaban J connectivity index is 3.06. The van der Waals surface area contributed by atoms with Crippen molar-refractivity contribution in [2.75, 3.05) is 75.5 Å². The van der Waals surface area contributed by atoms with Crippen molar-refractivity contribution in [2.24, 2.45) is 41.4 Å². The van der Waals surface area contributed by atoms with Gasteiger partial charge in [0.25, 0.3) is 0 Å². The minimum atomic E-state index is -1.65. The first-order chi connectivity index (χ1) is 42.6. The number of nitrogens with zero attached hydrogens (tertiary/aromatic N) is 8. The van der Waals surface area contributed by atoms with Gasteiger partial charge in [0.15, 0.2) is 0 Å². The smallest absolute Gasteiger partial charge is 0.246 e. The van der Waals surface area contributed by atoms with Crippen molar-refractivity contribution in [3.8, 4) is 0 Å². The summed E-state index contributed by atoms with van der Waals surface area (Å²) >= 11 is 0. The van der Waals surface area contributed by atoms with Gasteiger partial charge in [0, 0.05) is 69.0 Å². The van der Waals surface area contributed by atoms with Gasteiger partial charge in [-0.3, -0.25) is 62.4 Å². The Morgan fingerprint density at radius 1 is 0.489 bits per heavy atom. The third-order valence-corrected chi connectivity index (χ3v) is 18.0. The average molecular weight is 1300 g/mol. The fourth-order valence-electron chi connectivity index (χ4n) is 12.2. The highest BCUT2D eigenvalue weighted by molar-refractivity contribution is 6.00. The number of rotatable bonds is 16. The molecule has 6 N–H and O–H groups in total. The van der Waals surface area contributed by atoms with Gasteiger partial charge in [-0.1, -0.05) is 102 Å². The third-order valence-electron chi connectivity index (χ3n) is 18.0. The Hall–Kier alpha value is -6.70. The molecule has 0 aliphatic carbocycles. The molecule has 2 heterocycles. The number of amides is 12. The third kappa shape index (κ3) is 21.7. The molecule has 0 unspecified atom stereocenters. The number of aliphatic hydroxyl groups is 1. The lowest BCUT2D eigenvalue weighted by atomic mass is 9.91. The van der Waals surface area contributed by atoms with Gasteiger partial charge < -0.3 is 66.0 Å². The van der Waals surface area contributed by atoms with E-state index in [1.807, 2.05) is 46.4 Å². The second-order valence-electron chi connectivity index (χ2n) is 27.8. The summed E-state index contributed by atoms with van der Waals surface area (Å²) in [4.78, 5) is 186. The van der Waals surface area contributed by atoms with Crippen LogP contribution in [0.4, 0.5) is 0 Å². The van der Waals surface area contributed by atoms with Crippen LogP contribution in [0.1, 0.15) is 150 Å². The molecule has 524 valence electrons. The highest BCUT2D eigenvalue weighted by atomic mass is 16.3. The summed E-state index contributed by atoms with van der Waals surface area (Å²) in [5.41, 5.74) is 0.